The summed E-state index contributed by atoms with van der Waals surface area (Å²) < 4.78 is 6.66. The van der Waals surface area contributed by atoms with Crippen molar-refractivity contribution in [3.05, 3.63) is 40.3 Å². The molecule has 0 spiro atoms. The van der Waals surface area contributed by atoms with Gasteiger partial charge in [0.1, 0.15) is 5.38 Å². The van der Waals surface area contributed by atoms with Crippen LogP contribution in [0.15, 0.2) is 33.3 Å². The predicted octanol–water partition coefficient (Wildman–Crippen LogP) is 4.71. The molecule has 2 nitrogen and oxygen atoms in total. The number of rotatable bonds is 2. The molecule has 0 fully saturated rings. The number of hydrogen-bond donors (Lipinski definition) is 0. The second-order valence-corrected chi connectivity index (χ2v) is 5.10. The summed E-state index contributed by atoms with van der Waals surface area (Å²) in [6.07, 6.45) is 1.71. The Labute approximate surface area is 108 Å². The Balaban J connectivity index is 2.47. The SMILES string of the molecule is Cc1c(Br)cccc1-c1cnc(C(C)Cl)o1. The number of benzene rings is 1. The molecule has 4 heteroatoms. The summed E-state index contributed by atoms with van der Waals surface area (Å²) in [4.78, 5) is 4.15. The van der Waals surface area contributed by atoms with E-state index in [1.165, 1.54) is 0 Å². The third-order valence-electron chi connectivity index (χ3n) is 2.40. The van der Waals surface area contributed by atoms with Gasteiger partial charge in [-0.15, -0.1) is 11.6 Å². The summed E-state index contributed by atoms with van der Waals surface area (Å²) in [5, 5.41) is -0.207. The Kier molecular flexibility index (Phi) is 3.36. The monoisotopic (exact) mass is 299 g/mol. The first-order valence-electron chi connectivity index (χ1n) is 4.95. The Morgan fingerprint density at radius 2 is 2.19 bits per heavy atom. The fraction of sp³-hybridized carbons (Fsp3) is 0.250. The van der Waals surface area contributed by atoms with Gasteiger partial charge in [0.25, 0.3) is 0 Å². The normalized spacial score (nSPS) is 12.8. The maximum Gasteiger partial charge on any atom is 0.212 e. The van der Waals surface area contributed by atoms with Crippen LogP contribution < -0.4 is 0 Å². The molecule has 0 aliphatic carbocycles. The molecule has 2 rings (SSSR count). The van der Waals surface area contributed by atoms with Gasteiger partial charge < -0.3 is 4.42 Å². The van der Waals surface area contributed by atoms with Crippen LogP contribution in [-0.2, 0) is 0 Å². The molecular formula is C12H11BrClNO. The van der Waals surface area contributed by atoms with E-state index < -0.39 is 0 Å². The van der Waals surface area contributed by atoms with Gasteiger partial charge in [-0.2, -0.15) is 0 Å². The van der Waals surface area contributed by atoms with Crippen molar-refractivity contribution in [2.75, 3.05) is 0 Å². The first-order chi connectivity index (χ1) is 7.59. The molecule has 0 N–H and O–H groups in total. The highest BCUT2D eigenvalue weighted by atomic mass is 79.9. The van der Waals surface area contributed by atoms with E-state index in [0.29, 0.717) is 5.89 Å². The summed E-state index contributed by atoms with van der Waals surface area (Å²) in [6.45, 7) is 3.87. The third-order valence-corrected chi connectivity index (χ3v) is 3.44. The van der Waals surface area contributed by atoms with Gasteiger partial charge >= 0.3 is 0 Å². The predicted molar refractivity (Wildman–Crippen MR) is 68.6 cm³/mol. The van der Waals surface area contributed by atoms with Gasteiger partial charge in [-0.05, 0) is 25.5 Å². The van der Waals surface area contributed by atoms with Crippen LogP contribution >= 0.6 is 27.5 Å². The molecule has 1 aromatic heterocycles. The minimum atomic E-state index is -0.207. The molecule has 0 saturated carbocycles. The summed E-state index contributed by atoms with van der Waals surface area (Å²) in [5.74, 6) is 1.30. The van der Waals surface area contributed by atoms with Crippen LogP contribution in [-0.4, -0.2) is 4.98 Å². The summed E-state index contributed by atoms with van der Waals surface area (Å²) in [5.41, 5.74) is 2.16. The minimum absolute atomic E-state index is 0.207. The molecule has 0 aliphatic rings. The molecule has 1 heterocycles. The molecule has 0 aliphatic heterocycles. The van der Waals surface area contributed by atoms with Crippen LogP contribution in [0.1, 0.15) is 23.8 Å². The first kappa shape index (κ1) is 11.7. The smallest absolute Gasteiger partial charge is 0.212 e. The van der Waals surface area contributed by atoms with Crippen molar-refractivity contribution in [3.8, 4) is 11.3 Å². The quantitative estimate of drug-likeness (QED) is 0.751. The fourth-order valence-electron chi connectivity index (χ4n) is 1.47. The third kappa shape index (κ3) is 2.15. The van der Waals surface area contributed by atoms with Crippen molar-refractivity contribution in [1.29, 1.82) is 0 Å². The molecule has 2 aromatic rings. The summed E-state index contributed by atoms with van der Waals surface area (Å²) in [6, 6.07) is 5.97. The highest BCUT2D eigenvalue weighted by Crippen LogP contribution is 2.30. The Bertz CT molecular complexity index is 507. The van der Waals surface area contributed by atoms with Gasteiger partial charge in [0.15, 0.2) is 5.76 Å². The van der Waals surface area contributed by atoms with Crippen molar-refractivity contribution in [1.82, 2.24) is 4.98 Å². The lowest BCUT2D eigenvalue weighted by molar-refractivity contribution is 0.508. The van der Waals surface area contributed by atoms with E-state index in [4.69, 9.17) is 16.0 Å². The molecule has 0 bridgehead atoms. The lowest BCUT2D eigenvalue weighted by Crippen LogP contribution is -1.83. The Morgan fingerprint density at radius 1 is 1.44 bits per heavy atom. The van der Waals surface area contributed by atoms with E-state index >= 15 is 0 Å². The van der Waals surface area contributed by atoms with Crippen molar-refractivity contribution in [2.45, 2.75) is 19.2 Å². The van der Waals surface area contributed by atoms with Crippen molar-refractivity contribution >= 4 is 27.5 Å². The maximum absolute atomic E-state index is 5.91. The molecule has 0 saturated heterocycles. The molecule has 0 amide bonds. The first-order valence-corrected chi connectivity index (χ1v) is 6.18. The van der Waals surface area contributed by atoms with Gasteiger partial charge in [-0.1, -0.05) is 28.1 Å². The highest BCUT2D eigenvalue weighted by Gasteiger charge is 2.12. The number of nitrogens with zero attached hydrogens (tertiary/aromatic N) is 1. The van der Waals surface area contributed by atoms with E-state index in [-0.39, 0.29) is 5.38 Å². The second-order valence-electron chi connectivity index (χ2n) is 3.59. The van der Waals surface area contributed by atoms with Crippen molar-refractivity contribution < 1.29 is 4.42 Å². The lowest BCUT2D eigenvalue weighted by atomic mass is 10.1. The van der Waals surface area contributed by atoms with Crippen LogP contribution in [0.3, 0.4) is 0 Å². The minimum Gasteiger partial charge on any atom is -0.439 e. The number of alkyl halides is 1. The average Bonchev–Trinajstić information content (AvgIpc) is 2.71. The van der Waals surface area contributed by atoms with E-state index in [9.17, 15) is 0 Å². The number of halogens is 2. The number of oxazole rings is 1. The maximum atomic E-state index is 5.91. The lowest BCUT2D eigenvalue weighted by Gasteiger charge is -2.03. The van der Waals surface area contributed by atoms with E-state index in [1.54, 1.807) is 6.20 Å². The molecule has 1 unspecified atom stereocenters. The topological polar surface area (TPSA) is 26.0 Å². The van der Waals surface area contributed by atoms with Crippen molar-refractivity contribution in [2.24, 2.45) is 0 Å². The average molecular weight is 301 g/mol. The number of hydrogen-bond acceptors (Lipinski definition) is 2. The second kappa shape index (κ2) is 4.60. The zero-order valence-corrected chi connectivity index (χ0v) is 11.3. The largest absolute Gasteiger partial charge is 0.439 e. The molecule has 84 valence electrons. The van der Waals surface area contributed by atoms with Gasteiger partial charge in [-0.3, -0.25) is 0 Å². The fourth-order valence-corrected chi connectivity index (χ4v) is 1.94. The van der Waals surface area contributed by atoms with Crippen LogP contribution in [0.2, 0.25) is 0 Å². The van der Waals surface area contributed by atoms with Gasteiger partial charge in [-0.25, -0.2) is 4.98 Å². The van der Waals surface area contributed by atoms with Crippen LogP contribution in [0.5, 0.6) is 0 Å². The van der Waals surface area contributed by atoms with Crippen molar-refractivity contribution in [3.63, 3.8) is 0 Å². The molecule has 1 aromatic carbocycles. The van der Waals surface area contributed by atoms with Crippen LogP contribution in [0, 0.1) is 6.92 Å². The van der Waals surface area contributed by atoms with E-state index in [1.807, 2.05) is 32.0 Å². The molecule has 1 atom stereocenters. The Hall–Kier alpha value is -0.800. The van der Waals surface area contributed by atoms with E-state index in [0.717, 1.165) is 21.4 Å². The molecular weight excluding hydrogens is 289 g/mol. The zero-order chi connectivity index (χ0) is 11.7. The standard InChI is InChI=1S/C12H11BrClNO/c1-7-9(4-3-5-10(7)13)11-6-15-12(16-11)8(2)14/h3-6,8H,1-2H3. The van der Waals surface area contributed by atoms with Crippen LogP contribution in [0.4, 0.5) is 0 Å². The summed E-state index contributed by atoms with van der Waals surface area (Å²) in [7, 11) is 0. The zero-order valence-electron chi connectivity index (χ0n) is 9.00. The summed E-state index contributed by atoms with van der Waals surface area (Å²) >= 11 is 9.40. The van der Waals surface area contributed by atoms with Gasteiger partial charge in [0, 0.05) is 10.0 Å². The highest BCUT2D eigenvalue weighted by molar-refractivity contribution is 9.10. The number of aromatic nitrogens is 1. The molecule has 0 radical (unpaired) electrons. The van der Waals surface area contributed by atoms with Crippen LogP contribution in [0.25, 0.3) is 11.3 Å². The van der Waals surface area contributed by atoms with E-state index in [2.05, 4.69) is 20.9 Å². The Morgan fingerprint density at radius 3 is 2.81 bits per heavy atom. The van der Waals surface area contributed by atoms with Gasteiger partial charge in [0.2, 0.25) is 5.89 Å². The van der Waals surface area contributed by atoms with Gasteiger partial charge in [0.05, 0.1) is 6.20 Å². The molecule has 16 heavy (non-hydrogen) atoms.